The Morgan fingerprint density at radius 1 is 1.00 bits per heavy atom. The number of carboxylic acids is 2. The highest BCUT2D eigenvalue weighted by Gasteiger charge is 2.22. The fourth-order valence-corrected chi connectivity index (χ4v) is 2.50. The van der Waals surface area contributed by atoms with Gasteiger partial charge in [0.25, 0.3) is 0 Å². The molecule has 0 atom stereocenters. The first-order chi connectivity index (χ1) is 10.5. The summed E-state index contributed by atoms with van der Waals surface area (Å²) in [6.45, 7) is 0. The van der Waals surface area contributed by atoms with E-state index in [4.69, 9.17) is 11.6 Å². The zero-order valence-electron chi connectivity index (χ0n) is 11.0. The lowest BCUT2D eigenvalue weighted by Gasteiger charge is -2.06. The van der Waals surface area contributed by atoms with Crippen molar-refractivity contribution in [2.45, 2.75) is 0 Å². The van der Waals surface area contributed by atoms with Gasteiger partial charge in [0.15, 0.2) is 5.69 Å². The Labute approximate surface area is 129 Å². The third kappa shape index (κ3) is 2.10. The highest BCUT2D eigenvalue weighted by atomic mass is 35.5. The van der Waals surface area contributed by atoms with Crippen LogP contribution >= 0.6 is 11.6 Å². The van der Waals surface area contributed by atoms with Crippen molar-refractivity contribution in [3.8, 4) is 11.4 Å². The highest BCUT2D eigenvalue weighted by Crippen LogP contribution is 2.30. The van der Waals surface area contributed by atoms with Crippen LogP contribution in [0.1, 0.15) is 21.0 Å². The van der Waals surface area contributed by atoms with Gasteiger partial charge in [0.2, 0.25) is 0 Å². The molecule has 6 nitrogen and oxygen atoms in total. The van der Waals surface area contributed by atoms with E-state index in [1.165, 1.54) is 22.6 Å². The van der Waals surface area contributed by atoms with Crippen molar-refractivity contribution in [2.24, 2.45) is 0 Å². The van der Waals surface area contributed by atoms with Crippen LogP contribution < -0.4 is 0 Å². The number of hydrogen-bond donors (Lipinski definition) is 2. The normalized spacial score (nSPS) is 10.8. The number of rotatable bonds is 3. The lowest BCUT2D eigenvalue weighted by atomic mass is 10.2. The summed E-state index contributed by atoms with van der Waals surface area (Å²) in [6, 6.07) is 11.1. The number of pyridine rings is 1. The average molecular weight is 317 g/mol. The first-order valence-electron chi connectivity index (χ1n) is 6.23. The van der Waals surface area contributed by atoms with Gasteiger partial charge in [-0.15, -0.1) is 0 Å². The summed E-state index contributed by atoms with van der Waals surface area (Å²) in [4.78, 5) is 26.9. The van der Waals surface area contributed by atoms with Crippen molar-refractivity contribution in [1.82, 2.24) is 9.38 Å². The summed E-state index contributed by atoms with van der Waals surface area (Å²) < 4.78 is 1.28. The molecule has 0 aliphatic rings. The quantitative estimate of drug-likeness (QED) is 0.774. The minimum absolute atomic E-state index is 0.0904. The number of carboxylic acid groups (broad SMARTS) is 2. The lowest BCUT2D eigenvalue weighted by molar-refractivity contribution is 0.0678. The van der Waals surface area contributed by atoms with Gasteiger partial charge in [-0.05, 0) is 24.3 Å². The lowest BCUT2D eigenvalue weighted by Crippen LogP contribution is -2.06. The van der Waals surface area contributed by atoms with Crippen LogP contribution in [-0.4, -0.2) is 31.5 Å². The molecule has 0 unspecified atom stereocenters. The van der Waals surface area contributed by atoms with Gasteiger partial charge in [-0.25, -0.2) is 14.6 Å². The number of hydrogen-bond acceptors (Lipinski definition) is 3. The van der Waals surface area contributed by atoms with Crippen molar-refractivity contribution in [3.63, 3.8) is 0 Å². The van der Waals surface area contributed by atoms with E-state index in [9.17, 15) is 19.8 Å². The van der Waals surface area contributed by atoms with E-state index in [1.807, 2.05) is 0 Å². The first-order valence-corrected chi connectivity index (χ1v) is 6.61. The fraction of sp³-hybridized carbons (Fsp3) is 0. The maximum Gasteiger partial charge on any atom is 0.356 e. The van der Waals surface area contributed by atoms with Crippen molar-refractivity contribution in [1.29, 1.82) is 0 Å². The summed E-state index contributed by atoms with van der Waals surface area (Å²) in [5, 5.41) is 19.0. The molecule has 0 amide bonds. The van der Waals surface area contributed by atoms with E-state index in [1.54, 1.807) is 24.3 Å². The number of nitrogens with zero attached hydrogens (tertiary/aromatic N) is 2. The van der Waals surface area contributed by atoms with Crippen LogP contribution in [0, 0.1) is 0 Å². The summed E-state index contributed by atoms with van der Waals surface area (Å²) in [7, 11) is 0. The molecule has 110 valence electrons. The van der Waals surface area contributed by atoms with Crippen molar-refractivity contribution >= 4 is 29.1 Å². The predicted molar refractivity (Wildman–Crippen MR) is 79.6 cm³/mol. The minimum Gasteiger partial charge on any atom is -0.477 e. The van der Waals surface area contributed by atoms with Gasteiger partial charge in [0.1, 0.15) is 11.5 Å². The van der Waals surface area contributed by atoms with Crippen molar-refractivity contribution in [3.05, 3.63) is 58.9 Å². The van der Waals surface area contributed by atoms with E-state index in [2.05, 4.69) is 4.98 Å². The van der Waals surface area contributed by atoms with Gasteiger partial charge < -0.3 is 10.2 Å². The smallest absolute Gasteiger partial charge is 0.356 e. The molecular formula is C15H9ClN2O4. The van der Waals surface area contributed by atoms with E-state index < -0.39 is 11.9 Å². The molecule has 7 heteroatoms. The number of fused-ring (bicyclic) bond motifs is 1. The summed E-state index contributed by atoms with van der Waals surface area (Å²) in [5.41, 5.74) is 0.341. The Morgan fingerprint density at radius 3 is 2.36 bits per heavy atom. The molecule has 0 fully saturated rings. The van der Waals surface area contributed by atoms with Gasteiger partial charge in [0, 0.05) is 5.56 Å². The van der Waals surface area contributed by atoms with Crippen molar-refractivity contribution in [2.75, 3.05) is 0 Å². The Kier molecular flexibility index (Phi) is 3.30. The van der Waals surface area contributed by atoms with Gasteiger partial charge in [-0.2, -0.15) is 0 Å². The topological polar surface area (TPSA) is 91.9 Å². The van der Waals surface area contributed by atoms with Crippen LogP contribution in [0.4, 0.5) is 0 Å². The molecule has 22 heavy (non-hydrogen) atoms. The maximum absolute atomic E-state index is 11.4. The third-order valence-corrected chi connectivity index (χ3v) is 3.53. The second-order valence-corrected chi connectivity index (χ2v) is 4.91. The van der Waals surface area contributed by atoms with Gasteiger partial charge in [-0.3, -0.25) is 4.40 Å². The van der Waals surface area contributed by atoms with E-state index in [-0.39, 0.29) is 22.7 Å². The van der Waals surface area contributed by atoms with Crippen LogP contribution in [-0.2, 0) is 0 Å². The number of imidazole rings is 1. The molecule has 0 spiro atoms. The molecule has 2 N–H and O–H groups in total. The Hall–Kier alpha value is -2.86. The zero-order valence-corrected chi connectivity index (χ0v) is 11.8. The number of benzene rings is 1. The predicted octanol–water partition coefficient (Wildman–Crippen LogP) is 3.05. The second-order valence-electron chi connectivity index (χ2n) is 4.51. The van der Waals surface area contributed by atoms with E-state index >= 15 is 0 Å². The number of aromatic nitrogens is 2. The van der Waals surface area contributed by atoms with Crippen LogP contribution in [0.2, 0.25) is 5.02 Å². The van der Waals surface area contributed by atoms with Crippen LogP contribution in [0.15, 0.2) is 42.5 Å². The fourth-order valence-electron chi connectivity index (χ4n) is 2.28. The molecule has 0 aliphatic carbocycles. The number of aromatic carboxylic acids is 2. The molecule has 0 saturated heterocycles. The molecule has 2 heterocycles. The third-order valence-electron chi connectivity index (χ3n) is 3.20. The standard InChI is InChI=1S/C15H9ClN2O4/c16-9-5-2-1-4-8(9)13-17-12(15(21)22)10-6-3-7-11(14(19)20)18(10)13/h1-7H,(H,19,20)(H,21,22). The SMILES string of the molecule is O=C(O)c1nc(-c2ccccc2Cl)n2c(C(=O)O)cccc12. The Balaban J connectivity index is 2.47. The largest absolute Gasteiger partial charge is 0.477 e. The van der Waals surface area contributed by atoms with Gasteiger partial charge in [0.05, 0.1) is 10.5 Å². The molecule has 3 aromatic rings. The average Bonchev–Trinajstić information content (AvgIpc) is 2.87. The molecule has 0 bridgehead atoms. The van der Waals surface area contributed by atoms with E-state index in [0.29, 0.717) is 10.6 Å². The molecule has 0 saturated carbocycles. The second kappa shape index (κ2) is 5.16. The monoisotopic (exact) mass is 316 g/mol. The van der Waals surface area contributed by atoms with Crippen LogP contribution in [0.3, 0.4) is 0 Å². The minimum atomic E-state index is -1.24. The molecule has 2 aromatic heterocycles. The summed E-state index contributed by atoms with van der Waals surface area (Å²) >= 11 is 6.13. The molecular weight excluding hydrogens is 308 g/mol. The molecule has 1 aromatic carbocycles. The summed E-state index contributed by atoms with van der Waals surface area (Å²) in [6.07, 6.45) is 0. The number of carbonyl (C=O) groups is 2. The molecule has 0 radical (unpaired) electrons. The van der Waals surface area contributed by atoms with Crippen molar-refractivity contribution < 1.29 is 19.8 Å². The van der Waals surface area contributed by atoms with Crippen LogP contribution in [0.5, 0.6) is 0 Å². The van der Waals surface area contributed by atoms with Gasteiger partial charge >= 0.3 is 11.9 Å². The highest BCUT2D eigenvalue weighted by molar-refractivity contribution is 6.33. The maximum atomic E-state index is 11.4. The van der Waals surface area contributed by atoms with E-state index in [0.717, 1.165) is 0 Å². The Bertz CT molecular complexity index is 917. The Morgan fingerprint density at radius 2 is 1.73 bits per heavy atom. The summed E-state index contributed by atoms with van der Waals surface area (Å²) in [5.74, 6) is -2.25. The first kappa shape index (κ1) is 14.1. The van der Waals surface area contributed by atoms with Gasteiger partial charge in [-0.1, -0.05) is 29.8 Å². The van der Waals surface area contributed by atoms with Crippen LogP contribution in [0.25, 0.3) is 16.9 Å². The molecule has 3 rings (SSSR count). The zero-order chi connectivity index (χ0) is 15.9. The molecule has 0 aliphatic heterocycles. The number of halogens is 1.